The first-order valence-electron chi connectivity index (χ1n) is 7.30. The van der Waals surface area contributed by atoms with E-state index in [0.717, 1.165) is 11.8 Å². The summed E-state index contributed by atoms with van der Waals surface area (Å²) in [6, 6.07) is 0.659. The normalized spacial score (nSPS) is 40.9. The van der Waals surface area contributed by atoms with Gasteiger partial charge in [-0.1, -0.05) is 33.6 Å². The molecule has 0 spiro atoms. The second kappa shape index (κ2) is 5.27. The van der Waals surface area contributed by atoms with E-state index in [4.69, 9.17) is 4.74 Å². The summed E-state index contributed by atoms with van der Waals surface area (Å²) in [5.74, 6) is 1.88. The van der Waals surface area contributed by atoms with Crippen molar-refractivity contribution in [2.24, 2.45) is 17.3 Å². The Bertz CT molecular complexity index is 243. The summed E-state index contributed by atoms with van der Waals surface area (Å²) < 4.78 is 5.50. The molecule has 2 unspecified atom stereocenters. The van der Waals surface area contributed by atoms with E-state index in [1.54, 1.807) is 0 Å². The number of methoxy groups -OCH3 is 1. The zero-order valence-corrected chi connectivity index (χ0v) is 12.0. The SMILES string of the molecule is COC1CC(NCC2CCC(C)CC2)C1(C)C. The highest BCUT2D eigenvalue weighted by molar-refractivity contribution is 5.02. The molecule has 2 atom stereocenters. The van der Waals surface area contributed by atoms with Gasteiger partial charge in [0.05, 0.1) is 6.10 Å². The fraction of sp³-hybridized carbons (Fsp3) is 1.00. The van der Waals surface area contributed by atoms with Crippen molar-refractivity contribution in [3.8, 4) is 0 Å². The summed E-state index contributed by atoms with van der Waals surface area (Å²) in [6.45, 7) is 8.26. The number of nitrogens with one attached hydrogen (secondary N) is 1. The quantitative estimate of drug-likeness (QED) is 0.813. The van der Waals surface area contributed by atoms with E-state index < -0.39 is 0 Å². The lowest BCUT2D eigenvalue weighted by Crippen LogP contribution is -2.61. The lowest BCUT2D eigenvalue weighted by molar-refractivity contribution is -0.0983. The minimum absolute atomic E-state index is 0.316. The van der Waals surface area contributed by atoms with Gasteiger partial charge in [0.15, 0.2) is 0 Å². The third-order valence-corrected chi connectivity index (χ3v) is 5.25. The molecule has 2 fully saturated rings. The maximum absolute atomic E-state index is 5.50. The van der Waals surface area contributed by atoms with Gasteiger partial charge in [-0.15, -0.1) is 0 Å². The average Bonchev–Trinajstić information content (AvgIpc) is 2.30. The van der Waals surface area contributed by atoms with Crippen LogP contribution in [0.5, 0.6) is 0 Å². The molecule has 2 nitrogen and oxygen atoms in total. The average molecular weight is 239 g/mol. The molecule has 0 bridgehead atoms. The standard InChI is InChI=1S/C15H29NO/c1-11-5-7-12(8-6-11)10-16-13-9-14(17-4)15(13,2)3/h11-14,16H,5-10H2,1-4H3. The maximum atomic E-state index is 5.50. The van der Waals surface area contributed by atoms with Crippen LogP contribution in [0.15, 0.2) is 0 Å². The summed E-state index contributed by atoms with van der Waals surface area (Å²) in [4.78, 5) is 0. The van der Waals surface area contributed by atoms with E-state index in [2.05, 4.69) is 26.1 Å². The van der Waals surface area contributed by atoms with Gasteiger partial charge in [0.25, 0.3) is 0 Å². The molecule has 2 aliphatic carbocycles. The molecule has 2 rings (SSSR count). The van der Waals surface area contributed by atoms with Crippen molar-refractivity contribution in [3.63, 3.8) is 0 Å². The first-order valence-corrected chi connectivity index (χ1v) is 7.30. The van der Waals surface area contributed by atoms with E-state index in [1.165, 1.54) is 38.6 Å². The highest BCUT2D eigenvalue weighted by Crippen LogP contribution is 2.42. The Balaban J connectivity index is 1.69. The van der Waals surface area contributed by atoms with Crippen LogP contribution in [-0.4, -0.2) is 25.8 Å². The van der Waals surface area contributed by atoms with Gasteiger partial charge < -0.3 is 10.1 Å². The van der Waals surface area contributed by atoms with Crippen LogP contribution in [-0.2, 0) is 4.74 Å². The molecular weight excluding hydrogens is 210 g/mol. The predicted octanol–water partition coefficient (Wildman–Crippen LogP) is 3.22. The molecule has 0 aromatic heterocycles. The van der Waals surface area contributed by atoms with Crippen LogP contribution < -0.4 is 5.32 Å². The topological polar surface area (TPSA) is 21.3 Å². The summed E-state index contributed by atoms with van der Waals surface area (Å²) in [7, 11) is 1.84. The van der Waals surface area contributed by atoms with Crippen molar-refractivity contribution in [1.29, 1.82) is 0 Å². The highest BCUT2D eigenvalue weighted by Gasteiger charge is 2.48. The van der Waals surface area contributed by atoms with Crippen LogP contribution in [0.1, 0.15) is 52.9 Å². The molecule has 0 aromatic carbocycles. The Hall–Kier alpha value is -0.0800. The van der Waals surface area contributed by atoms with E-state index in [-0.39, 0.29) is 0 Å². The Labute approximate surface area is 107 Å². The van der Waals surface area contributed by atoms with Gasteiger partial charge in [-0.25, -0.2) is 0 Å². The number of ether oxygens (including phenoxy) is 1. The van der Waals surface area contributed by atoms with Gasteiger partial charge >= 0.3 is 0 Å². The van der Waals surface area contributed by atoms with Crippen molar-refractivity contribution in [2.45, 2.75) is 65.0 Å². The van der Waals surface area contributed by atoms with Crippen molar-refractivity contribution < 1.29 is 4.74 Å². The number of hydrogen-bond acceptors (Lipinski definition) is 2. The zero-order valence-electron chi connectivity index (χ0n) is 12.0. The lowest BCUT2D eigenvalue weighted by Gasteiger charge is -2.52. The molecular formula is C15H29NO. The molecule has 0 radical (unpaired) electrons. The highest BCUT2D eigenvalue weighted by atomic mass is 16.5. The summed E-state index contributed by atoms with van der Waals surface area (Å²) in [5, 5.41) is 3.78. The van der Waals surface area contributed by atoms with Gasteiger partial charge in [0.2, 0.25) is 0 Å². The molecule has 2 aliphatic rings. The minimum Gasteiger partial charge on any atom is -0.381 e. The Morgan fingerprint density at radius 2 is 1.82 bits per heavy atom. The maximum Gasteiger partial charge on any atom is 0.0652 e. The fourth-order valence-electron chi connectivity index (χ4n) is 3.47. The summed E-state index contributed by atoms with van der Waals surface area (Å²) in [6.07, 6.45) is 7.35. The molecule has 2 heteroatoms. The molecule has 17 heavy (non-hydrogen) atoms. The number of rotatable bonds is 4. The van der Waals surface area contributed by atoms with Crippen molar-refractivity contribution in [2.75, 3.05) is 13.7 Å². The van der Waals surface area contributed by atoms with Crippen molar-refractivity contribution in [3.05, 3.63) is 0 Å². The molecule has 0 aliphatic heterocycles. The molecule has 0 heterocycles. The van der Waals surface area contributed by atoms with E-state index in [0.29, 0.717) is 17.6 Å². The monoisotopic (exact) mass is 239 g/mol. The second-order valence-corrected chi connectivity index (χ2v) is 6.87. The largest absolute Gasteiger partial charge is 0.381 e. The van der Waals surface area contributed by atoms with Gasteiger partial charge in [-0.05, 0) is 37.6 Å². The smallest absolute Gasteiger partial charge is 0.0652 e. The summed E-state index contributed by atoms with van der Waals surface area (Å²) in [5.41, 5.74) is 0.316. The van der Waals surface area contributed by atoms with Crippen LogP contribution >= 0.6 is 0 Å². The molecule has 100 valence electrons. The zero-order chi connectivity index (χ0) is 12.5. The van der Waals surface area contributed by atoms with Crippen LogP contribution in [0.2, 0.25) is 0 Å². The fourth-order valence-corrected chi connectivity index (χ4v) is 3.47. The number of hydrogen-bond donors (Lipinski definition) is 1. The van der Waals surface area contributed by atoms with E-state index in [1.807, 2.05) is 7.11 Å². The Morgan fingerprint density at radius 1 is 1.18 bits per heavy atom. The molecule has 0 amide bonds. The molecule has 2 saturated carbocycles. The molecule has 0 saturated heterocycles. The van der Waals surface area contributed by atoms with Crippen LogP contribution in [0.25, 0.3) is 0 Å². The first-order chi connectivity index (χ1) is 8.04. The first kappa shape index (κ1) is 13.4. The third-order valence-electron chi connectivity index (χ3n) is 5.25. The Morgan fingerprint density at radius 3 is 2.35 bits per heavy atom. The van der Waals surface area contributed by atoms with E-state index >= 15 is 0 Å². The van der Waals surface area contributed by atoms with Gasteiger partial charge in [0.1, 0.15) is 0 Å². The minimum atomic E-state index is 0.316. The van der Waals surface area contributed by atoms with Crippen LogP contribution in [0.3, 0.4) is 0 Å². The third kappa shape index (κ3) is 2.85. The lowest BCUT2D eigenvalue weighted by atomic mass is 9.64. The van der Waals surface area contributed by atoms with Gasteiger partial charge in [-0.3, -0.25) is 0 Å². The van der Waals surface area contributed by atoms with E-state index in [9.17, 15) is 0 Å². The van der Waals surface area contributed by atoms with Crippen molar-refractivity contribution in [1.82, 2.24) is 5.32 Å². The van der Waals surface area contributed by atoms with Crippen LogP contribution in [0, 0.1) is 17.3 Å². The summed E-state index contributed by atoms with van der Waals surface area (Å²) >= 11 is 0. The second-order valence-electron chi connectivity index (χ2n) is 6.87. The molecule has 1 N–H and O–H groups in total. The van der Waals surface area contributed by atoms with Gasteiger partial charge in [0, 0.05) is 18.6 Å². The van der Waals surface area contributed by atoms with Crippen LogP contribution in [0.4, 0.5) is 0 Å². The Kier molecular flexibility index (Phi) is 4.14. The van der Waals surface area contributed by atoms with Crippen molar-refractivity contribution >= 4 is 0 Å². The predicted molar refractivity (Wildman–Crippen MR) is 72.1 cm³/mol. The molecule has 0 aromatic rings. The van der Waals surface area contributed by atoms with Gasteiger partial charge in [-0.2, -0.15) is 0 Å².